The topological polar surface area (TPSA) is 76.1 Å². The van der Waals surface area contributed by atoms with Crippen LogP contribution in [0.3, 0.4) is 0 Å². The Kier molecular flexibility index (Phi) is 5.31. The molecule has 1 aromatic heterocycles. The van der Waals surface area contributed by atoms with E-state index in [1.807, 2.05) is 6.92 Å². The van der Waals surface area contributed by atoms with E-state index < -0.39 is 15.9 Å². The molecule has 0 bridgehead atoms. The molecule has 0 radical (unpaired) electrons. The van der Waals surface area contributed by atoms with Crippen molar-refractivity contribution in [3.8, 4) is 0 Å². The molecule has 0 aliphatic rings. The van der Waals surface area contributed by atoms with E-state index in [-0.39, 0.29) is 16.8 Å². The molecule has 19 heavy (non-hydrogen) atoms. The zero-order valence-electron chi connectivity index (χ0n) is 11.1. The van der Waals surface area contributed by atoms with Crippen molar-refractivity contribution in [2.24, 2.45) is 0 Å². The highest BCUT2D eigenvalue weighted by molar-refractivity contribution is 7.90. The number of rotatable bonds is 5. The predicted octanol–water partition coefficient (Wildman–Crippen LogP) is 1.46. The van der Waals surface area contributed by atoms with Gasteiger partial charge in [0.15, 0.2) is 0 Å². The van der Waals surface area contributed by atoms with Crippen LogP contribution >= 0.6 is 11.6 Å². The Labute approximate surface area is 118 Å². The summed E-state index contributed by atoms with van der Waals surface area (Å²) in [6.07, 6.45) is 1.80. The highest BCUT2D eigenvalue weighted by Crippen LogP contribution is 2.11. The van der Waals surface area contributed by atoms with Gasteiger partial charge in [-0.25, -0.2) is 13.4 Å². The van der Waals surface area contributed by atoms with Crippen LogP contribution in [0.2, 0.25) is 5.15 Å². The minimum Gasteiger partial charge on any atom is -0.349 e. The van der Waals surface area contributed by atoms with Gasteiger partial charge in [0, 0.05) is 23.6 Å². The van der Waals surface area contributed by atoms with Crippen molar-refractivity contribution in [2.75, 3.05) is 12.0 Å². The minimum absolute atomic E-state index is 0.0990. The molecule has 5 nitrogen and oxygen atoms in total. The summed E-state index contributed by atoms with van der Waals surface area (Å²) in [6, 6.07) is 2.65. The molecule has 1 unspecified atom stereocenters. The first-order chi connectivity index (χ1) is 8.71. The van der Waals surface area contributed by atoms with Crippen LogP contribution in [0.25, 0.3) is 0 Å². The molecule has 0 saturated carbocycles. The van der Waals surface area contributed by atoms with E-state index in [9.17, 15) is 13.2 Å². The second kappa shape index (κ2) is 6.34. The van der Waals surface area contributed by atoms with Gasteiger partial charge in [-0.05, 0) is 25.5 Å². The first-order valence-electron chi connectivity index (χ1n) is 5.86. The number of sulfone groups is 1. The second-order valence-corrected chi connectivity index (χ2v) is 7.06. The third kappa shape index (κ3) is 5.57. The molecule has 0 saturated heterocycles. The van der Waals surface area contributed by atoms with E-state index in [0.717, 1.165) is 6.26 Å². The molecule has 1 rings (SSSR count). The number of amides is 1. The van der Waals surface area contributed by atoms with E-state index in [0.29, 0.717) is 17.7 Å². The normalized spacial score (nSPS) is 13.1. The number of halogens is 1. The number of hydrogen-bond acceptors (Lipinski definition) is 4. The smallest absolute Gasteiger partial charge is 0.251 e. The number of carbonyl (C=O) groups is 1. The molecule has 0 aromatic carbocycles. The summed E-state index contributed by atoms with van der Waals surface area (Å²) < 4.78 is 22.3. The van der Waals surface area contributed by atoms with E-state index in [2.05, 4.69) is 10.3 Å². The molecule has 7 heteroatoms. The van der Waals surface area contributed by atoms with Crippen molar-refractivity contribution >= 4 is 27.3 Å². The lowest BCUT2D eigenvalue weighted by Gasteiger charge is -2.13. The standard InChI is InChI=1S/C12H17ClN2O3S/c1-4-10-5-9(6-11(13)15-10)12(16)14-8(2)7-19(3,17)18/h5-6,8H,4,7H2,1-3H3,(H,14,16). The maximum atomic E-state index is 12.0. The third-order valence-electron chi connectivity index (χ3n) is 2.40. The van der Waals surface area contributed by atoms with Gasteiger partial charge < -0.3 is 5.32 Å². The van der Waals surface area contributed by atoms with Crippen LogP contribution < -0.4 is 5.32 Å². The molecular formula is C12H17ClN2O3S. The van der Waals surface area contributed by atoms with E-state index in [4.69, 9.17) is 11.6 Å². The van der Waals surface area contributed by atoms with Crippen molar-refractivity contribution in [2.45, 2.75) is 26.3 Å². The van der Waals surface area contributed by atoms with Crippen molar-refractivity contribution in [1.82, 2.24) is 10.3 Å². The van der Waals surface area contributed by atoms with Gasteiger partial charge in [-0.1, -0.05) is 18.5 Å². The van der Waals surface area contributed by atoms with Gasteiger partial charge in [-0.2, -0.15) is 0 Å². The van der Waals surface area contributed by atoms with Crippen LogP contribution in [0.5, 0.6) is 0 Å². The second-order valence-electron chi connectivity index (χ2n) is 4.49. The lowest BCUT2D eigenvalue weighted by molar-refractivity contribution is 0.0943. The maximum Gasteiger partial charge on any atom is 0.251 e. The highest BCUT2D eigenvalue weighted by Gasteiger charge is 2.15. The Bertz CT molecular complexity index is 572. The molecular weight excluding hydrogens is 288 g/mol. The monoisotopic (exact) mass is 304 g/mol. The molecule has 1 atom stereocenters. The fraction of sp³-hybridized carbons (Fsp3) is 0.500. The zero-order valence-corrected chi connectivity index (χ0v) is 12.7. The number of pyridine rings is 1. The van der Waals surface area contributed by atoms with Crippen molar-refractivity contribution in [1.29, 1.82) is 0 Å². The van der Waals surface area contributed by atoms with Crippen molar-refractivity contribution < 1.29 is 13.2 Å². The number of nitrogens with one attached hydrogen (secondary N) is 1. The Morgan fingerprint density at radius 1 is 1.47 bits per heavy atom. The summed E-state index contributed by atoms with van der Waals surface area (Å²) in [5.74, 6) is -0.451. The van der Waals surface area contributed by atoms with Crippen LogP contribution in [0.1, 0.15) is 29.9 Å². The van der Waals surface area contributed by atoms with Crippen LogP contribution in [-0.2, 0) is 16.3 Å². The Morgan fingerprint density at radius 2 is 2.11 bits per heavy atom. The number of aromatic nitrogens is 1. The molecule has 0 aliphatic carbocycles. The van der Waals surface area contributed by atoms with Gasteiger partial charge in [0.05, 0.1) is 5.75 Å². The summed E-state index contributed by atoms with van der Waals surface area (Å²) in [4.78, 5) is 16.0. The Balaban J connectivity index is 2.81. The molecule has 1 heterocycles. The van der Waals surface area contributed by atoms with Gasteiger partial charge in [-0.15, -0.1) is 0 Å². The average Bonchev–Trinajstić information content (AvgIpc) is 2.25. The largest absolute Gasteiger partial charge is 0.349 e. The zero-order chi connectivity index (χ0) is 14.6. The molecule has 1 N–H and O–H groups in total. The number of nitrogens with zero attached hydrogens (tertiary/aromatic N) is 1. The van der Waals surface area contributed by atoms with Crippen LogP contribution in [0.4, 0.5) is 0 Å². The van der Waals surface area contributed by atoms with Gasteiger partial charge in [-0.3, -0.25) is 4.79 Å². The lowest BCUT2D eigenvalue weighted by Crippen LogP contribution is -2.37. The number of aryl methyl sites for hydroxylation is 1. The van der Waals surface area contributed by atoms with Crippen LogP contribution in [0.15, 0.2) is 12.1 Å². The molecule has 1 amide bonds. The quantitative estimate of drug-likeness (QED) is 0.836. The highest BCUT2D eigenvalue weighted by atomic mass is 35.5. The molecule has 1 aromatic rings. The summed E-state index contributed by atoms with van der Waals surface area (Å²) in [7, 11) is -3.13. The van der Waals surface area contributed by atoms with Crippen molar-refractivity contribution in [3.05, 3.63) is 28.5 Å². The summed E-state index contributed by atoms with van der Waals surface area (Å²) in [5, 5.41) is 2.88. The van der Waals surface area contributed by atoms with Gasteiger partial charge in [0.25, 0.3) is 5.91 Å². The Hall–Kier alpha value is -1.14. The summed E-state index contributed by atoms with van der Waals surface area (Å²) in [6.45, 7) is 3.55. The molecule has 0 aliphatic heterocycles. The predicted molar refractivity (Wildman–Crippen MR) is 75.3 cm³/mol. The number of carbonyl (C=O) groups excluding carboxylic acids is 1. The fourth-order valence-corrected chi connectivity index (χ4v) is 2.88. The molecule has 106 valence electrons. The lowest BCUT2D eigenvalue weighted by atomic mass is 10.2. The Morgan fingerprint density at radius 3 is 2.63 bits per heavy atom. The maximum absolute atomic E-state index is 12.0. The van der Waals surface area contributed by atoms with Crippen molar-refractivity contribution in [3.63, 3.8) is 0 Å². The molecule has 0 spiro atoms. The summed E-state index contributed by atoms with van der Waals surface area (Å²) >= 11 is 5.83. The number of hydrogen-bond donors (Lipinski definition) is 1. The third-order valence-corrected chi connectivity index (χ3v) is 3.70. The molecule has 0 fully saturated rings. The van der Waals surface area contributed by atoms with E-state index in [1.54, 1.807) is 13.0 Å². The fourth-order valence-electron chi connectivity index (χ4n) is 1.67. The van der Waals surface area contributed by atoms with E-state index >= 15 is 0 Å². The average molecular weight is 305 g/mol. The van der Waals surface area contributed by atoms with E-state index in [1.165, 1.54) is 6.07 Å². The van der Waals surface area contributed by atoms with Gasteiger partial charge in [0.1, 0.15) is 15.0 Å². The summed E-state index contributed by atoms with van der Waals surface area (Å²) in [5.41, 5.74) is 1.10. The first-order valence-corrected chi connectivity index (χ1v) is 8.30. The minimum atomic E-state index is -3.13. The van der Waals surface area contributed by atoms with Gasteiger partial charge in [0.2, 0.25) is 0 Å². The van der Waals surface area contributed by atoms with Crippen LogP contribution in [0, 0.1) is 0 Å². The first kappa shape index (κ1) is 15.9. The van der Waals surface area contributed by atoms with Crippen LogP contribution in [-0.4, -0.2) is 37.4 Å². The van der Waals surface area contributed by atoms with Gasteiger partial charge >= 0.3 is 0 Å². The SMILES string of the molecule is CCc1cc(C(=O)NC(C)CS(C)(=O)=O)cc(Cl)n1.